The van der Waals surface area contributed by atoms with Gasteiger partial charge in [0.1, 0.15) is 5.60 Å². The summed E-state index contributed by atoms with van der Waals surface area (Å²) >= 11 is 0. The number of allylic oxidation sites excluding steroid dienone is 2. The maximum absolute atomic E-state index is 13.4. The molecule has 0 saturated carbocycles. The minimum Gasteiger partial charge on any atom is -0.380 e. The van der Waals surface area contributed by atoms with Gasteiger partial charge in [0.25, 0.3) is 0 Å². The molecule has 2 aliphatic rings. The molecule has 6 rings (SSSR count). The maximum atomic E-state index is 13.4. The van der Waals surface area contributed by atoms with Gasteiger partial charge in [0.2, 0.25) is 0 Å². The summed E-state index contributed by atoms with van der Waals surface area (Å²) in [7, 11) is -1.98. The highest BCUT2D eigenvalue weighted by Gasteiger charge is 2.49. The van der Waals surface area contributed by atoms with E-state index in [2.05, 4.69) is 43.9 Å². The fourth-order valence-corrected chi connectivity index (χ4v) is 8.49. The fourth-order valence-electron chi connectivity index (χ4n) is 6.39. The zero-order valence-corrected chi connectivity index (χ0v) is 22.1. The van der Waals surface area contributed by atoms with Crippen molar-refractivity contribution in [2.75, 3.05) is 0 Å². The second-order valence-electron chi connectivity index (χ2n) is 11.2. The van der Waals surface area contributed by atoms with Crippen LogP contribution in [0.15, 0.2) is 90.1 Å². The Morgan fingerprint density at radius 1 is 0.833 bits per heavy atom. The fraction of sp³-hybridized carbons (Fsp3) is 0.250. The van der Waals surface area contributed by atoms with E-state index in [1.165, 1.54) is 0 Å². The zero-order chi connectivity index (χ0) is 25.1. The van der Waals surface area contributed by atoms with Crippen LogP contribution in [0.3, 0.4) is 0 Å². The molecule has 3 nitrogen and oxygen atoms in total. The molecule has 0 amide bonds. The lowest BCUT2D eigenvalue weighted by atomic mass is 9.66. The third-order valence-corrected chi connectivity index (χ3v) is 9.90. The van der Waals surface area contributed by atoms with E-state index in [4.69, 9.17) is 4.98 Å². The number of benzene rings is 3. The summed E-state index contributed by atoms with van der Waals surface area (Å²) in [6.07, 6.45) is 1.87. The molecule has 0 spiro atoms. The van der Waals surface area contributed by atoms with Crippen molar-refractivity contribution in [2.24, 2.45) is 5.92 Å². The third kappa shape index (κ3) is 3.51. The Balaban J connectivity index is 1.80. The normalized spacial score (nSPS) is 21.9. The lowest BCUT2D eigenvalue weighted by molar-refractivity contribution is -0.115. The van der Waals surface area contributed by atoms with Crippen LogP contribution in [0.25, 0.3) is 27.6 Å². The molecule has 0 saturated heterocycles. The van der Waals surface area contributed by atoms with Crippen LogP contribution in [0, 0.1) is 5.92 Å². The number of ketones is 1. The summed E-state index contributed by atoms with van der Waals surface area (Å²) in [5, 5.41) is 15.6. The minimum atomic E-state index is -1.98. The SMILES string of the molecule is C[Si](C)(C)C1=C2c3nc(-c4ccccc4)c4ccccc4c3C(O)(c3ccccc3)CC2CCC1=O. The van der Waals surface area contributed by atoms with Crippen molar-refractivity contribution in [2.45, 2.75) is 44.5 Å². The molecule has 4 heteroatoms. The summed E-state index contributed by atoms with van der Waals surface area (Å²) < 4.78 is 0. The molecule has 1 N–H and O–H groups in total. The van der Waals surface area contributed by atoms with Gasteiger partial charge in [-0.25, -0.2) is 4.98 Å². The number of hydrogen-bond donors (Lipinski definition) is 1. The van der Waals surface area contributed by atoms with E-state index in [0.717, 1.165) is 56.0 Å². The number of rotatable bonds is 3. The quantitative estimate of drug-likeness (QED) is 0.311. The highest BCUT2D eigenvalue weighted by Crippen LogP contribution is 2.55. The summed E-state index contributed by atoms with van der Waals surface area (Å²) in [6, 6.07) is 28.5. The first-order valence-corrected chi connectivity index (χ1v) is 16.3. The minimum absolute atomic E-state index is 0.0967. The smallest absolute Gasteiger partial charge is 0.155 e. The van der Waals surface area contributed by atoms with Crippen LogP contribution in [0.2, 0.25) is 19.6 Å². The van der Waals surface area contributed by atoms with Gasteiger partial charge in [-0.3, -0.25) is 4.79 Å². The molecule has 0 bridgehead atoms. The van der Waals surface area contributed by atoms with Gasteiger partial charge < -0.3 is 5.11 Å². The Morgan fingerprint density at radius 2 is 1.44 bits per heavy atom. The van der Waals surface area contributed by atoms with Crippen molar-refractivity contribution in [3.05, 3.63) is 107 Å². The van der Waals surface area contributed by atoms with E-state index in [-0.39, 0.29) is 11.7 Å². The number of carbonyl (C=O) groups excluding carboxylic acids is 1. The van der Waals surface area contributed by atoms with Crippen molar-refractivity contribution in [1.29, 1.82) is 0 Å². The maximum Gasteiger partial charge on any atom is 0.155 e. The van der Waals surface area contributed by atoms with Gasteiger partial charge in [-0.1, -0.05) is 105 Å². The molecule has 2 atom stereocenters. The summed E-state index contributed by atoms with van der Waals surface area (Å²) in [5.74, 6) is 0.368. The Hall–Kier alpha value is -3.34. The Kier molecular flexibility index (Phi) is 5.36. The summed E-state index contributed by atoms with van der Waals surface area (Å²) in [4.78, 5) is 18.8. The van der Waals surface area contributed by atoms with Crippen molar-refractivity contribution in [3.63, 3.8) is 0 Å². The molecule has 3 aromatic carbocycles. The summed E-state index contributed by atoms with van der Waals surface area (Å²) in [5.41, 5.74) is 4.42. The Labute approximate surface area is 213 Å². The molecule has 4 aromatic rings. The van der Waals surface area contributed by atoms with Crippen molar-refractivity contribution in [1.82, 2.24) is 4.98 Å². The first-order chi connectivity index (χ1) is 17.3. The molecule has 0 radical (unpaired) electrons. The van der Waals surface area contributed by atoms with Gasteiger partial charge in [-0.2, -0.15) is 0 Å². The second-order valence-corrected chi connectivity index (χ2v) is 16.2. The molecule has 1 heterocycles. The molecule has 1 aromatic heterocycles. The number of aliphatic hydroxyl groups is 1. The van der Waals surface area contributed by atoms with Gasteiger partial charge in [0.05, 0.1) is 19.5 Å². The van der Waals surface area contributed by atoms with Gasteiger partial charge in [-0.05, 0) is 40.5 Å². The third-order valence-electron chi connectivity index (χ3n) is 7.85. The molecule has 2 aliphatic carbocycles. The van der Waals surface area contributed by atoms with Gasteiger partial charge >= 0.3 is 0 Å². The molecular weight excluding hydrogens is 458 g/mol. The predicted octanol–water partition coefficient (Wildman–Crippen LogP) is 7.15. The molecule has 2 unspecified atom stereocenters. The summed E-state index contributed by atoms with van der Waals surface area (Å²) in [6.45, 7) is 6.77. The van der Waals surface area contributed by atoms with Crippen molar-refractivity contribution >= 4 is 30.2 Å². The van der Waals surface area contributed by atoms with E-state index in [9.17, 15) is 9.90 Å². The second kappa shape index (κ2) is 8.36. The largest absolute Gasteiger partial charge is 0.380 e. The number of pyridine rings is 1. The van der Waals surface area contributed by atoms with Crippen LogP contribution < -0.4 is 0 Å². The van der Waals surface area contributed by atoms with Crippen LogP contribution in [0.5, 0.6) is 0 Å². The molecule has 180 valence electrons. The molecular formula is C32H31NO2Si. The monoisotopic (exact) mass is 489 g/mol. The number of fused-ring (bicyclic) bond motifs is 5. The molecule has 0 aliphatic heterocycles. The number of Topliss-reactive ketones (excluding diaryl/α,β-unsaturated/α-hetero) is 1. The molecule has 36 heavy (non-hydrogen) atoms. The van der Waals surface area contributed by atoms with E-state index in [1.807, 2.05) is 60.7 Å². The van der Waals surface area contributed by atoms with E-state index in [0.29, 0.717) is 12.8 Å². The first-order valence-electron chi connectivity index (χ1n) is 12.8. The van der Waals surface area contributed by atoms with E-state index < -0.39 is 13.7 Å². The van der Waals surface area contributed by atoms with Crippen LogP contribution in [-0.2, 0) is 10.4 Å². The Morgan fingerprint density at radius 3 is 2.11 bits per heavy atom. The van der Waals surface area contributed by atoms with Crippen LogP contribution in [0.1, 0.15) is 36.1 Å². The van der Waals surface area contributed by atoms with Crippen LogP contribution in [0.4, 0.5) is 0 Å². The number of aromatic nitrogens is 1. The molecule has 0 fully saturated rings. The number of hydrogen-bond acceptors (Lipinski definition) is 3. The van der Waals surface area contributed by atoms with Crippen LogP contribution >= 0.6 is 0 Å². The van der Waals surface area contributed by atoms with Crippen molar-refractivity contribution < 1.29 is 9.90 Å². The highest BCUT2D eigenvalue weighted by molar-refractivity contribution is 6.88. The average Bonchev–Trinajstić information content (AvgIpc) is 2.88. The standard InChI is InChI=1S/C32H31NO2Si/c1-36(2,3)31-26(34)19-18-22-20-32(35,23-14-8-5-9-15-23)28-24-16-10-11-17-25(24)29(33-30(28)27(22)31)21-12-6-4-7-13-21/h4-17,22,35H,18-20H2,1-3H3. The Bertz CT molecular complexity index is 1520. The highest BCUT2D eigenvalue weighted by atomic mass is 28.3. The first kappa shape index (κ1) is 23.1. The van der Waals surface area contributed by atoms with Crippen molar-refractivity contribution in [3.8, 4) is 11.3 Å². The lowest BCUT2D eigenvalue weighted by Crippen LogP contribution is -2.42. The van der Waals surface area contributed by atoms with Gasteiger partial charge in [0.15, 0.2) is 5.78 Å². The average molecular weight is 490 g/mol. The van der Waals surface area contributed by atoms with Crippen LogP contribution in [-0.4, -0.2) is 23.9 Å². The number of carbonyl (C=O) groups is 1. The van der Waals surface area contributed by atoms with E-state index in [1.54, 1.807) is 0 Å². The predicted molar refractivity (Wildman–Crippen MR) is 149 cm³/mol. The number of nitrogens with zero attached hydrogens (tertiary/aromatic N) is 1. The topological polar surface area (TPSA) is 50.2 Å². The lowest BCUT2D eigenvalue weighted by Gasteiger charge is -2.44. The van der Waals surface area contributed by atoms with Gasteiger partial charge in [-0.15, -0.1) is 0 Å². The van der Waals surface area contributed by atoms with Gasteiger partial charge in [0, 0.05) is 22.9 Å². The zero-order valence-electron chi connectivity index (χ0n) is 21.1. The van der Waals surface area contributed by atoms with E-state index >= 15 is 0 Å².